The van der Waals surface area contributed by atoms with E-state index in [9.17, 15) is 9.90 Å². The van der Waals surface area contributed by atoms with E-state index in [1.165, 1.54) is 19.0 Å². The van der Waals surface area contributed by atoms with Gasteiger partial charge in [-0.05, 0) is 44.0 Å². The van der Waals surface area contributed by atoms with Crippen molar-refractivity contribution < 1.29 is 9.90 Å². The molecule has 1 aromatic heterocycles. The van der Waals surface area contributed by atoms with E-state index >= 15 is 0 Å². The number of aromatic nitrogens is 2. The van der Waals surface area contributed by atoms with Gasteiger partial charge in [-0.25, -0.2) is 9.48 Å². The van der Waals surface area contributed by atoms with Gasteiger partial charge in [0, 0.05) is 6.54 Å². The zero-order valence-corrected chi connectivity index (χ0v) is 12.8. The normalized spacial score (nSPS) is 16.8. The van der Waals surface area contributed by atoms with Crippen LogP contribution >= 0.6 is 0 Å². The number of likely N-dealkylation sites (tertiary alicyclic amines) is 1. The molecule has 0 amide bonds. The van der Waals surface area contributed by atoms with Gasteiger partial charge in [-0.15, -0.1) is 0 Å². The quantitative estimate of drug-likeness (QED) is 0.943. The average Bonchev–Trinajstić information content (AvgIpc) is 2.94. The lowest BCUT2D eigenvalue weighted by Crippen LogP contribution is -2.33. The van der Waals surface area contributed by atoms with E-state index in [1.807, 2.05) is 30.3 Å². The number of benzene rings is 1. The topological polar surface area (TPSA) is 58.4 Å². The van der Waals surface area contributed by atoms with Gasteiger partial charge in [0.05, 0.1) is 17.6 Å². The molecule has 5 nitrogen and oxygen atoms in total. The fourth-order valence-electron chi connectivity index (χ4n) is 2.93. The molecular weight excluding hydrogens is 278 g/mol. The van der Waals surface area contributed by atoms with Crippen LogP contribution in [-0.2, 0) is 6.54 Å². The molecule has 2 heterocycles. The Kier molecular flexibility index (Phi) is 4.24. The SMILES string of the molecule is CC1CCN(Cc2c(C(=O)O)cnn2-c2ccccc2)CC1. The summed E-state index contributed by atoms with van der Waals surface area (Å²) in [5.74, 6) is -0.156. The number of hydrogen-bond acceptors (Lipinski definition) is 3. The first-order chi connectivity index (χ1) is 10.6. The molecule has 1 aromatic carbocycles. The van der Waals surface area contributed by atoms with Crippen LogP contribution in [0.5, 0.6) is 0 Å². The molecule has 5 heteroatoms. The Labute approximate surface area is 130 Å². The Bertz CT molecular complexity index is 643. The predicted octanol–water partition coefficient (Wildman–Crippen LogP) is 2.80. The van der Waals surface area contributed by atoms with E-state index in [2.05, 4.69) is 16.9 Å². The lowest BCUT2D eigenvalue weighted by Gasteiger charge is -2.30. The fourth-order valence-corrected chi connectivity index (χ4v) is 2.93. The van der Waals surface area contributed by atoms with Crippen LogP contribution < -0.4 is 0 Å². The van der Waals surface area contributed by atoms with Crippen molar-refractivity contribution in [3.63, 3.8) is 0 Å². The number of carboxylic acids is 1. The van der Waals surface area contributed by atoms with Crippen molar-refractivity contribution in [3.05, 3.63) is 47.8 Å². The summed E-state index contributed by atoms with van der Waals surface area (Å²) in [7, 11) is 0. The zero-order valence-electron chi connectivity index (χ0n) is 12.8. The minimum atomic E-state index is -0.914. The summed E-state index contributed by atoms with van der Waals surface area (Å²) in [5.41, 5.74) is 1.95. The maximum Gasteiger partial charge on any atom is 0.339 e. The molecule has 22 heavy (non-hydrogen) atoms. The summed E-state index contributed by atoms with van der Waals surface area (Å²) in [6.45, 7) is 4.93. The second-order valence-corrected chi connectivity index (χ2v) is 6.02. The van der Waals surface area contributed by atoms with Crippen LogP contribution in [0.4, 0.5) is 0 Å². The van der Waals surface area contributed by atoms with Gasteiger partial charge in [-0.2, -0.15) is 5.10 Å². The Morgan fingerprint density at radius 2 is 1.95 bits per heavy atom. The van der Waals surface area contributed by atoms with Crippen LogP contribution in [0.15, 0.2) is 36.5 Å². The van der Waals surface area contributed by atoms with E-state index in [-0.39, 0.29) is 0 Å². The van der Waals surface area contributed by atoms with E-state index < -0.39 is 5.97 Å². The number of nitrogens with zero attached hydrogens (tertiary/aromatic N) is 3. The van der Waals surface area contributed by atoms with E-state index in [0.29, 0.717) is 12.1 Å². The van der Waals surface area contributed by atoms with Gasteiger partial charge in [-0.1, -0.05) is 25.1 Å². The molecule has 1 N–H and O–H groups in total. The fraction of sp³-hybridized carbons (Fsp3) is 0.412. The number of piperidine rings is 1. The van der Waals surface area contributed by atoms with Gasteiger partial charge in [0.25, 0.3) is 0 Å². The Hall–Kier alpha value is -2.14. The first-order valence-electron chi connectivity index (χ1n) is 7.73. The summed E-state index contributed by atoms with van der Waals surface area (Å²) < 4.78 is 1.75. The maximum atomic E-state index is 11.5. The lowest BCUT2D eigenvalue weighted by atomic mass is 9.99. The summed E-state index contributed by atoms with van der Waals surface area (Å²) in [6, 6.07) is 9.70. The number of para-hydroxylation sites is 1. The highest BCUT2D eigenvalue weighted by Gasteiger charge is 2.22. The Morgan fingerprint density at radius 1 is 1.27 bits per heavy atom. The summed E-state index contributed by atoms with van der Waals surface area (Å²) in [5, 5.41) is 13.7. The minimum absolute atomic E-state index is 0.294. The number of aromatic carboxylic acids is 1. The third-order valence-electron chi connectivity index (χ3n) is 4.35. The maximum absolute atomic E-state index is 11.5. The number of rotatable bonds is 4. The molecule has 0 aliphatic carbocycles. The molecule has 1 aliphatic rings. The largest absolute Gasteiger partial charge is 0.478 e. The van der Waals surface area contributed by atoms with Gasteiger partial charge in [-0.3, -0.25) is 4.90 Å². The molecule has 1 saturated heterocycles. The van der Waals surface area contributed by atoms with Crippen molar-refractivity contribution in [1.82, 2.24) is 14.7 Å². The highest BCUT2D eigenvalue weighted by atomic mass is 16.4. The molecule has 0 spiro atoms. The minimum Gasteiger partial charge on any atom is -0.478 e. The molecule has 0 radical (unpaired) electrons. The third kappa shape index (κ3) is 3.04. The Morgan fingerprint density at radius 3 is 2.59 bits per heavy atom. The molecule has 0 atom stereocenters. The van der Waals surface area contributed by atoms with Crippen molar-refractivity contribution in [1.29, 1.82) is 0 Å². The van der Waals surface area contributed by atoms with Gasteiger partial charge in [0.1, 0.15) is 5.56 Å². The third-order valence-corrected chi connectivity index (χ3v) is 4.35. The number of carboxylic acid groups (broad SMARTS) is 1. The van der Waals surface area contributed by atoms with Crippen molar-refractivity contribution >= 4 is 5.97 Å². The van der Waals surface area contributed by atoms with Crippen molar-refractivity contribution in [2.45, 2.75) is 26.3 Å². The van der Waals surface area contributed by atoms with Crippen molar-refractivity contribution in [2.75, 3.05) is 13.1 Å². The molecule has 116 valence electrons. The summed E-state index contributed by atoms with van der Waals surface area (Å²) in [6.07, 6.45) is 3.79. The summed E-state index contributed by atoms with van der Waals surface area (Å²) in [4.78, 5) is 13.8. The van der Waals surface area contributed by atoms with Gasteiger partial charge in [0.15, 0.2) is 0 Å². The van der Waals surface area contributed by atoms with Gasteiger partial charge >= 0.3 is 5.97 Å². The van der Waals surface area contributed by atoms with Crippen LogP contribution in [0.25, 0.3) is 5.69 Å². The highest BCUT2D eigenvalue weighted by molar-refractivity contribution is 5.88. The smallest absolute Gasteiger partial charge is 0.339 e. The molecule has 0 unspecified atom stereocenters. The first-order valence-corrected chi connectivity index (χ1v) is 7.73. The standard InChI is InChI=1S/C17H21N3O2/c1-13-7-9-19(10-8-13)12-16-15(17(21)22)11-18-20(16)14-5-3-2-4-6-14/h2-6,11,13H,7-10,12H2,1H3,(H,21,22). The van der Waals surface area contributed by atoms with Crippen LogP contribution in [0.3, 0.4) is 0 Å². The zero-order chi connectivity index (χ0) is 15.5. The van der Waals surface area contributed by atoms with E-state index in [4.69, 9.17) is 0 Å². The van der Waals surface area contributed by atoms with Crippen LogP contribution in [-0.4, -0.2) is 38.8 Å². The molecule has 0 bridgehead atoms. The number of carbonyl (C=O) groups is 1. The molecule has 0 saturated carbocycles. The van der Waals surface area contributed by atoms with E-state index in [1.54, 1.807) is 4.68 Å². The van der Waals surface area contributed by atoms with Gasteiger partial charge < -0.3 is 5.11 Å². The predicted molar refractivity (Wildman–Crippen MR) is 84.2 cm³/mol. The second kappa shape index (κ2) is 6.32. The van der Waals surface area contributed by atoms with Crippen LogP contribution in [0.1, 0.15) is 35.8 Å². The van der Waals surface area contributed by atoms with Gasteiger partial charge in [0.2, 0.25) is 0 Å². The lowest BCUT2D eigenvalue weighted by molar-refractivity contribution is 0.0693. The molecule has 3 rings (SSSR count). The number of hydrogen-bond donors (Lipinski definition) is 1. The molecule has 1 fully saturated rings. The highest BCUT2D eigenvalue weighted by Crippen LogP contribution is 2.21. The van der Waals surface area contributed by atoms with Crippen molar-refractivity contribution in [3.8, 4) is 5.69 Å². The van der Waals surface area contributed by atoms with E-state index in [0.717, 1.165) is 30.4 Å². The van der Waals surface area contributed by atoms with Crippen LogP contribution in [0, 0.1) is 5.92 Å². The molecule has 2 aromatic rings. The van der Waals surface area contributed by atoms with Crippen molar-refractivity contribution in [2.24, 2.45) is 5.92 Å². The first kappa shape index (κ1) is 14.8. The van der Waals surface area contributed by atoms with Crippen LogP contribution in [0.2, 0.25) is 0 Å². The molecule has 1 aliphatic heterocycles. The second-order valence-electron chi connectivity index (χ2n) is 6.02. The average molecular weight is 299 g/mol. The molecular formula is C17H21N3O2. The Balaban J connectivity index is 1.90. The monoisotopic (exact) mass is 299 g/mol. The summed E-state index contributed by atoms with van der Waals surface area (Å²) >= 11 is 0.